The molecule has 0 saturated carbocycles. The first-order valence-electron chi connectivity index (χ1n) is 6.72. The van der Waals surface area contributed by atoms with Crippen molar-refractivity contribution in [2.45, 2.75) is 39.5 Å². The molecule has 0 aliphatic heterocycles. The van der Waals surface area contributed by atoms with E-state index < -0.39 is 0 Å². The van der Waals surface area contributed by atoms with E-state index in [1.54, 1.807) is 7.11 Å². The summed E-state index contributed by atoms with van der Waals surface area (Å²) in [7, 11) is 1.70. The Hall–Kier alpha value is -1.36. The second kappa shape index (κ2) is 7.28. The molecule has 0 aliphatic rings. The van der Waals surface area contributed by atoms with Crippen LogP contribution in [0.15, 0.2) is 6.07 Å². The molecule has 1 aromatic rings. The van der Waals surface area contributed by atoms with Crippen LogP contribution in [0.1, 0.15) is 39.9 Å². The highest BCUT2D eigenvalue weighted by molar-refractivity contribution is 5.39. The maximum Gasteiger partial charge on any atom is 0.218 e. The smallest absolute Gasteiger partial charge is 0.218 e. The van der Waals surface area contributed by atoms with Crippen LogP contribution in [0.25, 0.3) is 0 Å². The average Bonchev–Trinajstić information content (AvgIpc) is 2.34. The van der Waals surface area contributed by atoms with Crippen molar-refractivity contribution in [3.05, 3.63) is 11.9 Å². The van der Waals surface area contributed by atoms with Gasteiger partial charge in [0, 0.05) is 31.7 Å². The lowest BCUT2D eigenvalue weighted by atomic mass is 9.96. The van der Waals surface area contributed by atoms with Crippen LogP contribution in [-0.4, -0.2) is 36.8 Å². The average molecular weight is 267 g/mol. The first-order valence-corrected chi connectivity index (χ1v) is 6.72. The summed E-state index contributed by atoms with van der Waals surface area (Å²) in [5.41, 5.74) is -0.101. The molecule has 108 valence electrons. The van der Waals surface area contributed by atoms with E-state index in [9.17, 15) is 0 Å². The van der Waals surface area contributed by atoms with E-state index in [1.165, 1.54) is 0 Å². The lowest BCUT2D eigenvalue weighted by Crippen LogP contribution is -2.18. The van der Waals surface area contributed by atoms with Crippen LogP contribution in [0.2, 0.25) is 0 Å². The van der Waals surface area contributed by atoms with Crippen LogP contribution >= 0.6 is 0 Å². The van der Waals surface area contributed by atoms with Gasteiger partial charge in [-0.15, -0.1) is 0 Å². The number of methoxy groups -OCH3 is 1. The number of rotatable bonds is 7. The van der Waals surface area contributed by atoms with Gasteiger partial charge in [-0.2, -0.15) is 4.98 Å². The number of anilines is 1. The quantitative estimate of drug-likeness (QED) is 0.770. The number of nitrogens with one attached hydrogen (secondary N) is 1. The van der Waals surface area contributed by atoms with Gasteiger partial charge in [-0.05, 0) is 13.3 Å². The molecule has 19 heavy (non-hydrogen) atoms. The van der Waals surface area contributed by atoms with E-state index in [1.807, 2.05) is 13.0 Å². The zero-order chi connectivity index (χ0) is 14.3. The standard InChI is InChI=1S/C14H25N3O2/c1-6-19-12-10-11(15-8-7-9-18-5)16-13(17-12)14(2,3)4/h10H,6-9H2,1-5H3,(H,15,16,17). The molecule has 0 fully saturated rings. The third-order valence-electron chi connectivity index (χ3n) is 2.50. The van der Waals surface area contributed by atoms with Crippen molar-refractivity contribution in [1.82, 2.24) is 9.97 Å². The van der Waals surface area contributed by atoms with Crippen LogP contribution in [0.5, 0.6) is 5.88 Å². The third kappa shape index (κ3) is 5.42. The zero-order valence-corrected chi connectivity index (χ0v) is 12.6. The molecule has 0 atom stereocenters. The molecular formula is C14H25N3O2. The van der Waals surface area contributed by atoms with E-state index >= 15 is 0 Å². The summed E-state index contributed by atoms with van der Waals surface area (Å²) in [6, 6.07) is 1.84. The highest BCUT2D eigenvalue weighted by Crippen LogP contribution is 2.23. The van der Waals surface area contributed by atoms with Crippen LogP contribution in [-0.2, 0) is 10.2 Å². The van der Waals surface area contributed by atoms with Crippen molar-refractivity contribution in [1.29, 1.82) is 0 Å². The molecule has 5 nitrogen and oxygen atoms in total. The van der Waals surface area contributed by atoms with E-state index in [0.29, 0.717) is 12.5 Å². The SMILES string of the molecule is CCOc1cc(NCCCOC)nc(C(C)(C)C)n1. The molecule has 0 unspecified atom stereocenters. The van der Waals surface area contributed by atoms with E-state index in [-0.39, 0.29) is 5.41 Å². The van der Waals surface area contributed by atoms with Crippen molar-refractivity contribution in [2.24, 2.45) is 0 Å². The Morgan fingerprint density at radius 1 is 1.26 bits per heavy atom. The predicted molar refractivity (Wildman–Crippen MR) is 76.9 cm³/mol. The van der Waals surface area contributed by atoms with Gasteiger partial charge in [0.1, 0.15) is 11.6 Å². The van der Waals surface area contributed by atoms with Gasteiger partial charge in [-0.3, -0.25) is 0 Å². The fourth-order valence-corrected chi connectivity index (χ4v) is 1.51. The van der Waals surface area contributed by atoms with E-state index in [4.69, 9.17) is 9.47 Å². The molecule has 0 bridgehead atoms. The number of aromatic nitrogens is 2. The Labute approximate surface area is 115 Å². The summed E-state index contributed by atoms with van der Waals surface area (Å²) in [5, 5.41) is 3.28. The van der Waals surface area contributed by atoms with E-state index in [2.05, 4.69) is 36.1 Å². The van der Waals surface area contributed by atoms with Gasteiger partial charge in [0.15, 0.2) is 0 Å². The van der Waals surface area contributed by atoms with Crippen LogP contribution < -0.4 is 10.1 Å². The zero-order valence-electron chi connectivity index (χ0n) is 12.6. The number of hydrogen-bond donors (Lipinski definition) is 1. The summed E-state index contributed by atoms with van der Waals surface area (Å²) in [5.74, 6) is 2.21. The monoisotopic (exact) mass is 267 g/mol. The molecule has 0 aliphatic carbocycles. The van der Waals surface area contributed by atoms with Crippen molar-refractivity contribution in [3.8, 4) is 5.88 Å². The Morgan fingerprint density at radius 3 is 2.58 bits per heavy atom. The fraction of sp³-hybridized carbons (Fsp3) is 0.714. The summed E-state index contributed by atoms with van der Waals surface area (Å²) < 4.78 is 10.5. The van der Waals surface area contributed by atoms with Gasteiger partial charge in [0.2, 0.25) is 5.88 Å². The summed E-state index contributed by atoms with van der Waals surface area (Å²) >= 11 is 0. The van der Waals surface area contributed by atoms with Crippen LogP contribution in [0.3, 0.4) is 0 Å². The normalized spacial score (nSPS) is 11.4. The van der Waals surface area contributed by atoms with Gasteiger partial charge < -0.3 is 14.8 Å². The maximum absolute atomic E-state index is 5.49. The highest BCUT2D eigenvalue weighted by Gasteiger charge is 2.19. The third-order valence-corrected chi connectivity index (χ3v) is 2.50. The first-order chi connectivity index (χ1) is 8.97. The summed E-state index contributed by atoms with van der Waals surface area (Å²) in [6.07, 6.45) is 0.940. The Morgan fingerprint density at radius 2 is 2.00 bits per heavy atom. The minimum atomic E-state index is -0.101. The minimum Gasteiger partial charge on any atom is -0.478 e. The van der Waals surface area contributed by atoms with Gasteiger partial charge >= 0.3 is 0 Å². The molecular weight excluding hydrogens is 242 g/mol. The maximum atomic E-state index is 5.49. The fourth-order valence-electron chi connectivity index (χ4n) is 1.51. The second-order valence-corrected chi connectivity index (χ2v) is 5.37. The Bertz CT molecular complexity index is 389. The van der Waals surface area contributed by atoms with Crippen molar-refractivity contribution in [3.63, 3.8) is 0 Å². The number of ether oxygens (including phenoxy) is 2. The predicted octanol–water partition coefficient (Wildman–Crippen LogP) is 2.62. The Kier molecular flexibility index (Phi) is 6.02. The highest BCUT2D eigenvalue weighted by atomic mass is 16.5. The number of nitrogens with zero attached hydrogens (tertiary/aromatic N) is 2. The van der Waals surface area contributed by atoms with Gasteiger partial charge in [0.05, 0.1) is 6.61 Å². The molecule has 0 amide bonds. The minimum absolute atomic E-state index is 0.101. The largest absolute Gasteiger partial charge is 0.478 e. The molecule has 0 spiro atoms. The van der Waals surface area contributed by atoms with Crippen molar-refractivity contribution >= 4 is 5.82 Å². The molecule has 1 heterocycles. The number of hydrogen-bond acceptors (Lipinski definition) is 5. The molecule has 1 N–H and O–H groups in total. The summed E-state index contributed by atoms with van der Waals surface area (Å²) in [6.45, 7) is 10.4. The van der Waals surface area contributed by atoms with Gasteiger partial charge in [-0.1, -0.05) is 20.8 Å². The molecule has 0 radical (unpaired) electrons. The van der Waals surface area contributed by atoms with Crippen LogP contribution in [0.4, 0.5) is 5.82 Å². The lowest BCUT2D eigenvalue weighted by Gasteiger charge is -2.18. The molecule has 1 rings (SSSR count). The second-order valence-electron chi connectivity index (χ2n) is 5.37. The molecule has 0 aromatic carbocycles. The molecule has 0 saturated heterocycles. The molecule has 5 heteroatoms. The molecule has 1 aromatic heterocycles. The van der Waals surface area contributed by atoms with Crippen molar-refractivity contribution < 1.29 is 9.47 Å². The van der Waals surface area contributed by atoms with Gasteiger partial charge in [-0.25, -0.2) is 4.98 Å². The van der Waals surface area contributed by atoms with Crippen LogP contribution in [0, 0.1) is 0 Å². The van der Waals surface area contributed by atoms with Crippen molar-refractivity contribution in [2.75, 3.05) is 32.2 Å². The van der Waals surface area contributed by atoms with Gasteiger partial charge in [0.25, 0.3) is 0 Å². The Balaban J connectivity index is 2.81. The first kappa shape index (κ1) is 15.7. The topological polar surface area (TPSA) is 56.3 Å². The lowest BCUT2D eigenvalue weighted by molar-refractivity contribution is 0.197. The summed E-state index contributed by atoms with van der Waals surface area (Å²) in [4.78, 5) is 8.98. The van der Waals surface area contributed by atoms with E-state index in [0.717, 1.165) is 31.2 Å².